The van der Waals surface area contributed by atoms with E-state index in [0.717, 1.165) is 11.0 Å². The lowest BCUT2D eigenvalue weighted by molar-refractivity contribution is 0.00578. The highest BCUT2D eigenvalue weighted by Crippen LogP contribution is 2.57. The van der Waals surface area contributed by atoms with Crippen molar-refractivity contribution in [1.82, 2.24) is 4.98 Å². The van der Waals surface area contributed by atoms with Crippen molar-refractivity contribution in [1.29, 1.82) is 0 Å². The minimum absolute atomic E-state index is 0.398. The molecule has 4 aromatic carbocycles. The van der Waals surface area contributed by atoms with Gasteiger partial charge in [0.2, 0.25) is 0 Å². The smallest absolute Gasteiger partial charge is 0.399 e. The van der Waals surface area contributed by atoms with Gasteiger partial charge in [-0.2, -0.15) is 0 Å². The molecule has 0 radical (unpaired) electrons. The first-order valence-electron chi connectivity index (χ1n) is 13.3. The molecule has 0 amide bonds. The van der Waals surface area contributed by atoms with E-state index >= 15 is 0 Å². The first kappa shape index (κ1) is 23.4. The minimum Gasteiger partial charge on any atom is -0.399 e. The van der Waals surface area contributed by atoms with Crippen LogP contribution in [0.2, 0.25) is 0 Å². The van der Waals surface area contributed by atoms with E-state index in [1.165, 1.54) is 38.6 Å². The van der Waals surface area contributed by atoms with E-state index in [-0.39, 0.29) is 0 Å². The lowest BCUT2D eigenvalue weighted by Crippen LogP contribution is -2.41. The van der Waals surface area contributed by atoms with E-state index in [4.69, 9.17) is 9.31 Å². The molecular formula is C34H30BNO2. The Kier molecular flexibility index (Phi) is 5.01. The van der Waals surface area contributed by atoms with Crippen LogP contribution < -0.4 is 5.46 Å². The Morgan fingerprint density at radius 3 is 2.08 bits per heavy atom. The summed E-state index contributed by atoms with van der Waals surface area (Å²) < 4.78 is 12.9. The SMILES string of the molecule is CC1(C)OB(c2ccc3c(c2)-c2c(ccc4ccccc24)C3(c2ccccc2)c2cccnc2)OC1(C)C. The molecule has 3 nitrogen and oxygen atoms in total. The number of pyridine rings is 1. The second kappa shape index (κ2) is 8.13. The molecule has 2 aliphatic rings. The normalized spacial score (nSPS) is 20.9. The Morgan fingerprint density at radius 2 is 1.34 bits per heavy atom. The van der Waals surface area contributed by atoms with E-state index in [1.54, 1.807) is 0 Å². The van der Waals surface area contributed by atoms with E-state index in [9.17, 15) is 0 Å². The Balaban J connectivity index is 1.56. The number of benzene rings is 4. The highest BCUT2D eigenvalue weighted by Gasteiger charge is 2.53. The number of hydrogen-bond acceptors (Lipinski definition) is 3. The molecule has 0 spiro atoms. The third-order valence-electron chi connectivity index (χ3n) is 8.88. The van der Waals surface area contributed by atoms with Gasteiger partial charge in [-0.1, -0.05) is 91.0 Å². The fourth-order valence-electron chi connectivity index (χ4n) is 6.30. The topological polar surface area (TPSA) is 31.4 Å². The zero-order chi connectivity index (χ0) is 26.1. The molecule has 1 atom stereocenters. The Hall–Kier alpha value is -3.73. The molecule has 1 fully saturated rings. The van der Waals surface area contributed by atoms with Crippen LogP contribution in [-0.4, -0.2) is 23.3 Å². The van der Waals surface area contributed by atoms with Gasteiger partial charge in [0, 0.05) is 12.4 Å². The molecule has 0 bridgehead atoms. The molecule has 7 rings (SSSR count). The standard InChI is InChI=1S/C34H30BNO2/c1-32(2)33(3,4)38-35(37-32)26-17-19-29-28(21-26)31-27-15-9-8-11-23(27)16-18-30(31)34(29,24-12-6-5-7-13-24)25-14-10-20-36-22-25/h5-22H,1-4H3. The Morgan fingerprint density at radius 1 is 0.658 bits per heavy atom. The van der Waals surface area contributed by atoms with Gasteiger partial charge in [-0.3, -0.25) is 4.98 Å². The van der Waals surface area contributed by atoms with Crippen LogP contribution in [0.25, 0.3) is 21.9 Å². The van der Waals surface area contributed by atoms with E-state index in [0.29, 0.717) is 0 Å². The van der Waals surface area contributed by atoms with E-state index in [1.807, 2.05) is 18.5 Å². The molecule has 38 heavy (non-hydrogen) atoms. The van der Waals surface area contributed by atoms with Gasteiger partial charge >= 0.3 is 7.12 Å². The molecule has 5 aromatic rings. The van der Waals surface area contributed by atoms with Crippen molar-refractivity contribution < 1.29 is 9.31 Å². The Labute approximate surface area is 224 Å². The molecule has 186 valence electrons. The van der Waals surface area contributed by atoms with Crippen molar-refractivity contribution in [3.05, 3.63) is 132 Å². The predicted molar refractivity (Wildman–Crippen MR) is 155 cm³/mol. The molecule has 0 N–H and O–H groups in total. The van der Waals surface area contributed by atoms with Crippen molar-refractivity contribution in [3.63, 3.8) is 0 Å². The number of nitrogens with zero attached hydrogens (tertiary/aromatic N) is 1. The molecular weight excluding hydrogens is 465 g/mol. The maximum atomic E-state index is 6.47. The van der Waals surface area contributed by atoms with Gasteiger partial charge < -0.3 is 9.31 Å². The molecule has 1 aliphatic carbocycles. The van der Waals surface area contributed by atoms with Crippen LogP contribution >= 0.6 is 0 Å². The van der Waals surface area contributed by atoms with E-state index in [2.05, 4.69) is 124 Å². The molecule has 1 aromatic heterocycles. The summed E-state index contributed by atoms with van der Waals surface area (Å²) >= 11 is 0. The largest absolute Gasteiger partial charge is 0.494 e. The molecule has 1 unspecified atom stereocenters. The van der Waals surface area contributed by atoms with Gasteiger partial charge in [0.1, 0.15) is 0 Å². The average Bonchev–Trinajstić information content (AvgIpc) is 3.36. The first-order chi connectivity index (χ1) is 18.3. The number of hydrogen-bond donors (Lipinski definition) is 0. The summed E-state index contributed by atoms with van der Waals surface area (Å²) in [5.41, 5.74) is 7.15. The summed E-state index contributed by atoms with van der Waals surface area (Å²) in [5, 5.41) is 2.48. The van der Waals surface area contributed by atoms with Crippen LogP contribution in [0.4, 0.5) is 0 Å². The fourth-order valence-corrected chi connectivity index (χ4v) is 6.30. The molecule has 0 saturated carbocycles. The minimum atomic E-state index is -0.487. The number of rotatable bonds is 3. The lowest BCUT2D eigenvalue weighted by atomic mass is 9.67. The van der Waals surface area contributed by atoms with Gasteiger partial charge in [0.05, 0.1) is 16.6 Å². The van der Waals surface area contributed by atoms with Gasteiger partial charge in [-0.05, 0) is 83.4 Å². The van der Waals surface area contributed by atoms with Gasteiger partial charge in [-0.15, -0.1) is 0 Å². The van der Waals surface area contributed by atoms with Crippen molar-refractivity contribution in [2.75, 3.05) is 0 Å². The van der Waals surface area contributed by atoms with Crippen molar-refractivity contribution in [3.8, 4) is 11.1 Å². The van der Waals surface area contributed by atoms with Crippen molar-refractivity contribution in [2.45, 2.75) is 44.3 Å². The van der Waals surface area contributed by atoms with Crippen LogP contribution in [0.3, 0.4) is 0 Å². The fraction of sp³-hybridized carbons (Fsp3) is 0.206. The van der Waals surface area contributed by atoms with Gasteiger partial charge in [0.15, 0.2) is 0 Å². The first-order valence-corrected chi connectivity index (χ1v) is 13.3. The third kappa shape index (κ3) is 3.14. The zero-order valence-electron chi connectivity index (χ0n) is 22.2. The number of fused-ring (bicyclic) bond motifs is 5. The second-order valence-corrected chi connectivity index (χ2v) is 11.5. The molecule has 4 heteroatoms. The second-order valence-electron chi connectivity index (χ2n) is 11.5. The quantitative estimate of drug-likeness (QED) is 0.251. The predicted octanol–water partition coefficient (Wildman–Crippen LogP) is 6.90. The molecule has 1 aliphatic heterocycles. The average molecular weight is 495 g/mol. The zero-order valence-corrected chi connectivity index (χ0v) is 22.2. The maximum Gasteiger partial charge on any atom is 0.494 e. The van der Waals surface area contributed by atoms with Crippen LogP contribution in [0.5, 0.6) is 0 Å². The lowest BCUT2D eigenvalue weighted by Gasteiger charge is -2.33. The summed E-state index contributed by atoms with van der Waals surface area (Å²) in [4.78, 5) is 4.58. The van der Waals surface area contributed by atoms with Crippen molar-refractivity contribution in [2.24, 2.45) is 0 Å². The van der Waals surface area contributed by atoms with Gasteiger partial charge in [-0.25, -0.2) is 0 Å². The van der Waals surface area contributed by atoms with Gasteiger partial charge in [0.25, 0.3) is 0 Å². The summed E-state index contributed by atoms with van der Waals surface area (Å²) in [6, 6.07) is 35.1. The Bertz CT molecular complexity index is 1620. The summed E-state index contributed by atoms with van der Waals surface area (Å²) in [5.74, 6) is 0. The van der Waals surface area contributed by atoms with Crippen LogP contribution in [0.15, 0.2) is 109 Å². The van der Waals surface area contributed by atoms with Crippen LogP contribution in [-0.2, 0) is 14.7 Å². The summed E-state index contributed by atoms with van der Waals surface area (Å²) in [6.07, 6.45) is 3.87. The van der Waals surface area contributed by atoms with E-state index < -0.39 is 23.7 Å². The van der Waals surface area contributed by atoms with Crippen LogP contribution in [0, 0.1) is 0 Å². The number of aromatic nitrogens is 1. The third-order valence-corrected chi connectivity index (χ3v) is 8.88. The van der Waals surface area contributed by atoms with Crippen LogP contribution in [0.1, 0.15) is 49.9 Å². The molecule has 2 heterocycles. The highest BCUT2D eigenvalue weighted by atomic mass is 16.7. The highest BCUT2D eigenvalue weighted by molar-refractivity contribution is 6.62. The molecule has 1 saturated heterocycles. The monoisotopic (exact) mass is 495 g/mol. The maximum absolute atomic E-state index is 6.47. The van der Waals surface area contributed by atoms with Crippen molar-refractivity contribution >= 4 is 23.4 Å². The summed E-state index contributed by atoms with van der Waals surface area (Å²) in [7, 11) is -0.422. The summed E-state index contributed by atoms with van der Waals surface area (Å²) in [6.45, 7) is 8.41.